The molecule has 4 aliphatic heterocycles. The summed E-state index contributed by atoms with van der Waals surface area (Å²) in [5.74, 6) is 1.74. The van der Waals surface area contributed by atoms with Gasteiger partial charge < -0.3 is 18.9 Å². The summed E-state index contributed by atoms with van der Waals surface area (Å²) in [6.07, 6.45) is 7.52. The number of carbonyl (C=O) groups is 1. The van der Waals surface area contributed by atoms with Crippen LogP contribution in [0.3, 0.4) is 0 Å². The van der Waals surface area contributed by atoms with Crippen molar-refractivity contribution >= 4 is 45.2 Å². The van der Waals surface area contributed by atoms with E-state index in [2.05, 4.69) is 60.2 Å². The van der Waals surface area contributed by atoms with Crippen LogP contribution in [0.5, 0.6) is 5.75 Å². The van der Waals surface area contributed by atoms with Crippen LogP contribution in [0.4, 0.5) is 20.3 Å². The lowest BCUT2D eigenvalue weighted by molar-refractivity contribution is -0.0592. The molecule has 17 heteroatoms. The maximum atomic E-state index is 16.4. The van der Waals surface area contributed by atoms with Gasteiger partial charge >= 0.3 is 5.76 Å². The third-order valence-corrected chi connectivity index (χ3v) is 15.3. The van der Waals surface area contributed by atoms with E-state index in [0.717, 1.165) is 46.1 Å². The third-order valence-electron chi connectivity index (χ3n) is 15.3. The Bertz CT molecular complexity index is 3480. The fourth-order valence-corrected chi connectivity index (χ4v) is 11.8. The number of fused-ring (bicyclic) bond motifs is 7. The first kappa shape index (κ1) is 42.1. The zero-order chi connectivity index (χ0) is 47.3. The van der Waals surface area contributed by atoms with E-state index in [1.165, 1.54) is 11.1 Å². The number of H-pyrrole nitrogens is 1. The van der Waals surface area contributed by atoms with Crippen LogP contribution < -0.4 is 20.3 Å². The predicted molar refractivity (Wildman–Crippen MR) is 249 cm³/mol. The van der Waals surface area contributed by atoms with Crippen molar-refractivity contribution in [1.82, 2.24) is 34.0 Å². The predicted octanol–water partition coefficient (Wildman–Crippen LogP) is 8.47. The second-order valence-electron chi connectivity index (χ2n) is 19.7. The molecule has 0 radical (unpaired) electrons. The Balaban J connectivity index is 1.01. The summed E-state index contributed by atoms with van der Waals surface area (Å²) in [5, 5.41) is 9.62. The molecule has 12 rings (SSSR count). The average Bonchev–Trinajstić information content (AvgIpc) is 3.95. The van der Waals surface area contributed by atoms with E-state index in [-0.39, 0.29) is 47.3 Å². The standard InChI is InChI=1S/C51H49F2N9O6/c1-26-18-38-45(28(3)43(26)52)66-25-40-33-12-14-58(29(4)42(33)46(61(38)40)60-16-15-59(41(60)24-63)37-11-10-36-34(44(37)53)23-54-57(36)7)47(64)39-20-32-19-30(31-13-17-67-50(5,6)22-31)8-9-35(32)62(39)51(21-27(51)2)48-55-49(65)68-56-48/h8-11,15-16,18-20,23,27,29,31H,12-14,17,21-22,25H2,1-7H3,(H,55,56,65)/t27-,29-,31-,51-/m0/s1. The number of nitrogens with zero attached hydrogens (tertiary/aromatic N) is 8. The highest BCUT2D eigenvalue weighted by Crippen LogP contribution is 2.57. The van der Waals surface area contributed by atoms with E-state index in [1.807, 2.05) is 27.0 Å². The monoisotopic (exact) mass is 921 g/mol. The summed E-state index contributed by atoms with van der Waals surface area (Å²) < 4.78 is 55.1. The van der Waals surface area contributed by atoms with Crippen molar-refractivity contribution in [2.24, 2.45) is 13.0 Å². The zero-order valence-corrected chi connectivity index (χ0v) is 38.7. The van der Waals surface area contributed by atoms with Gasteiger partial charge in [0.2, 0.25) is 5.82 Å². The summed E-state index contributed by atoms with van der Waals surface area (Å²) in [6.45, 7) is 12.7. The third kappa shape index (κ3) is 5.87. The zero-order valence-electron chi connectivity index (χ0n) is 38.7. The van der Waals surface area contributed by atoms with Gasteiger partial charge in [-0.25, -0.2) is 18.4 Å². The molecule has 7 aromatic rings. The van der Waals surface area contributed by atoms with E-state index < -0.39 is 23.2 Å². The van der Waals surface area contributed by atoms with Crippen LogP contribution in [-0.2, 0) is 35.1 Å². The summed E-state index contributed by atoms with van der Waals surface area (Å²) in [7, 11) is 1.73. The molecule has 68 heavy (non-hydrogen) atoms. The van der Waals surface area contributed by atoms with Crippen molar-refractivity contribution in [3.8, 4) is 11.4 Å². The molecule has 0 unspecified atom stereocenters. The van der Waals surface area contributed by atoms with Crippen LogP contribution >= 0.6 is 0 Å². The molecule has 2 fully saturated rings. The fourth-order valence-electron chi connectivity index (χ4n) is 11.8. The van der Waals surface area contributed by atoms with Crippen LogP contribution in [0.15, 0.2) is 76.2 Å². The number of aromatic nitrogens is 6. The number of carbonyl (C=O) groups excluding carboxylic acids is 2. The van der Waals surface area contributed by atoms with E-state index in [1.54, 1.807) is 61.1 Å². The van der Waals surface area contributed by atoms with Gasteiger partial charge in [0.1, 0.15) is 35.2 Å². The SMILES string of the molecule is Cc1cc2c(c(C)c1F)OCc1c3c(c(N4C=CN(c5ccc6c(cnn6C)c5F)C4=C=O)n1-2)[C@H](C)N(C(=O)c1cc2cc([C@H]4CCOC(C)(C)C4)ccc2n1[C@@]1(c2noc(=O)[nH]2)C[C@@H]1C)CC3. The van der Waals surface area contributed by atoms with Gasteiger partial charge in [-0.2, -0.15) is 5.10 Å². The van der Waals surface area contributed by atoms with Crippen molar-refractivity contribution in [3.05, 3.63) is 134 Å². The summed E-state index contributed by atoms with van der Waals surface area (Å²) >= 11 is 0. The minimum Gasteiger partial charge on any atom is -0.485 e. The smallest absolute Gasteiger partial charge is 0.438 e. The highest BCUT2D eigenvalue weighted by Gasteiger charge is 2.59. The van der Waals surface area contributed by atoms with E-state index in [0.29, 0.717) is 76.8 Å². The number of nitrogens with one attached hydrogen (secondary N) is 1. The number of aromatic amines is 1. The van der Waals surface area contributed by atoms with Gasteiger partial charge in [-0.05, 0) is 125 Å². The number of ether oxygens (including phenoxy) is 2. The lowest BCUT2D eigenvalue weighted by atomic mass is 9.83. The number of benzene rings is 3. The normalized spacial score (nSPS) is 22.7. The van der Waals surface area contributed by atoms with Crippen molar-refractivity contribution in [1.29, 1.82) is 0 Å². The molecule has 3 aromatic carbocycles. The van der Waals surface area contributed by atoms with Gasteiger partial charge in [-0.15, -0.1) is 0 Å². The van der Waals surface area contributed by atoms with Gasteiger partial charge in [0.25, 0.3) is 5.91 Å². The Morgan fingerprint density at radius 2 is 1.76 bits per heavy atom. The molecule has 4 aromatic heterocycles. The minimum absolute atomic E-state index is 0.00415. The molecule has 1 aliphatic carbocycles. The van der Waals surface area contributed by atoms with E-state index >= 15 is 13.6 Å². The van der Waals surface area contributed by atoms with Crippen molar-refractivity contribution < 1.29 is 32.4 Å². The summed E-state index contributed by atoms with van der Waals surface area (Å²) in [6, 6.07) is 12.8. The molecular formula is C51H49F2N9O6. The molecule has 5 aliphatic rings. The Labute approximate surface area is 388 Å². The van der Waals surface area contributed by atoms with Crippen molar-refractivity contribution in [3.63, 3.8) is 0 Å². The Morgan fingerprint density at radius 3 is 2.50 bits per heavy atom. The number of halogens is 2. The Kier molecular flexibility index (Phi) is 9.07. The van der Waals surface area contributed by atoms with E-state index in [9.17, 15) is 9.59 Å². The Morgan fingerprint density at radius 1 is 0.985 bits per heavy atom. The molecule has 4 atom stereocenters. The maximum Gasteiger partial charge on any atom is 0.438 e. The number of amides is 1. The first-order chi connectivity index (χ1) is 32.6. The topological polar surface area (TPSA) is 149 Å². The molecular weight excluding hydrogens is 873 g/mol. The number of aryl methyl sites for hydroxylation is 2. The second-order valence-corrected chi connectivity index (χ2v) is 19.7. The molecule has 0 bridgehead atoms. The lowest BCUT2D eigenvalue weighted by Gasteiger charge is -2.36. The highest BCUT2D eigenvalue weighted by molar-refractivity contribution is 6.00. The van der Waals surface area contributed by atoms with E-state index in [4.69, 9.17) is 14.0 Å². The van der Waals surface area contributed by atoms with Crippen molar-refractivity contribution in [2.75, 3.05) is 23.0 Å². The van der Waals surface area contributed by atoms with Crippen LogP contribution in [0.1, 0.15) is 109 Å². The minimum atomic E-state index is -0.862. The largest absolute Gasteiger partial charge is 0.485 e. The maximum absolute atomic E-state index is 16.4. The molecule has 1 amide bonds. The molecule has 1 saturated carbocycles. The van der Waals surface area contributed by atoms with Crippen LogP contribution in [-0.4, -0.2) is 64.6 Å². The molecule has 348 valence electrons. The summed E-state index contributed by atoms with van der Waals surface area (Å²) in [5.41, 5.74) is 5.80. The first-order valence-electron chi connectivity index (χ1n) is 23.1. The number of hydrogen-bond donors (Lipinski definition) is 1. The molecule has 8 heterocycles. The Hall–Kier alpha value is -7.23. The fraction of sp³-hybridized carbons (Fsp3) is 0.373. The van der Waals surface area contributed by atoms with Crippen LogP contribution in [0, 0.1) is 31.4 Å². The van der Waals surface area contributed by atoms with Gasteiger partial charge in [0.05, 0.1) is 45.8 Å². The molecule has 1 N–H and O–H groups in total. The average molecular weight is 922 g/mol. The molecule has 1 saturated heterocycles. The highest BCUT2D eigenvalue weighted by atomic mass is 19.1. The van der Waals surface area contributed by atoms with Gasteiger partial charge in [-0.3, -0.25) is 33.4 Å². The molecule has 0 spiro atoms. The number of hydrogen-bond acceptors (Lipinski definition) is 10. The molecule has 15 nitrogen and oxygen atoms in total. The van der Waals surface area contributed by atoms with Gasteiger partial charge in [0, 0.05) is 54.6 Å². The second kappa shape index (κ2) is 14.6. The van der Waals surface area contributed by atoms with Crippen LogP contribution in [0.25, 0.3) is 27.5 Å². The van der Waals surface area contributed by atoms with Crippen LogP contribution in [0.2, 0.25) is 0 Å². The lowest BCUT2D eigenvalue weighted by Crippen LogP contribution is -2.41. The first-order valence-corrected chi connectivity index (χ1v) is 23.1. The number of rotatable bonds is 6. The van der Waals surface area contributed by atoms with Crippen molar-refractivity contribution in [2.45, 2.75) is 96.9 Å². The van der Waals surface area contributed by atoms with Gasteiger partial charge in [-0.1, -0.05) is 18.1 Å². The quantitative estimate of drug-likeness (QED) is 0.161. The van der Waals surface area contributed by atoms with Gasteiger partial charge in [0.15, 0.2) is 17.6 Å². The summed E-state index contributed by atoms with van der Waals surface area (Å²) in [4.78, 5) is 49.4. The number of anilines is 2.